The van der Waals surface area contributed by atoms with E-state index in [4.69, 9.17) is 18.9 Å². The molecular formula is C28H27N3O7S. The van der Waals surface area contributed by atoms with Crippen molar-refractivity contribution in [1.82, 2.24) is 10.3 Å². The lowest BCUT2D eigenvalue weighted by atomic mass is 10.1. The van der Waals surface area contributed by atoms with Gasteiger partial charge in [-0.2, -0.15) is 0 Å². The van der Waals surface area contributed by atoms with Gasteiger partial charge in [-0.15, -0.1) is 0 Å². The first kappa shape index (κ1) is 26.3. The lowest BCUT2D eigenvalue weighted by Crippen LogP contribution is -2.37. The SMILES string of the molecule is COC(=O)CN(c1ccc2c(c1CNCCOc1ccccc1)OCO2)S(=O)(=O)c1cccc2cccnc12. The highest BCUT2D eigenvalue weighted by Crippen LogP contribution is 2.42. The van der Waals surface area contributed by atoms with Gasteiger partial charge in [0.25, 0.3) is 10.0 Å². The zero-order valence-corrected chi connectivity index (χ0v) is 22.0. The van der Waals surface area contributed by atoms with Gasteiger partial charge in [-0.3, -0.25) is 14.1 Å². The molecule has 1 aliphatic heterocycles. The van der Waals surface area contributed by atoms with E-state index in [0.717, 1.165) is 10.1 Å². The molecule has 10 nitrogen and oxygen atoms in total. The second-order valence-electron chi connectivity index (χ2n) is 8.55. The molecule has 0 amide bonds. The van der Waals surface area contributed by atoms with E-state index >= 15 is 0 Å². The third-order valence-corrected chi connectivity index (χ3v) is 7.93. The third kappa shape index (κ3) is 5.59. The molecule has 2 heterocycles. The molecule has 0 unspecified atom stereocenters. The topological polar surface area (TPSA) is 116 Å². The van der Waals surface area contributed by atoms with Gasteiger partial charge in [-0.1, -0.05) is 36.4 Å². The molecule has 0 bridgehead atoms. The second-order valence-corrected chi connectivity index (χ2v) is 10.4. The number of pyridine rings is 1. The van der Waals surface area contributed by atoms with Crippen LogP contribution >= 0.6 is 0 Å². The maximum atomic E-state index is 14.1. The van der Waals surface area contributed by atoms with E-state index in [9.17, 15) is 13.2 Å². The van der Waals surface area contributed by atoms with E-state index in [1.54, 1.807) is 36.4 Å². The molecule has 0 radical (unpaired) electrons. The number of nitrogens with one attached hydrogen (secondary N) is 1. The summed E-state index contributed by atoms with van der Waals surface area (Å²) < 4.78 is 51.2. The Morgan fingerprint density at radius 1 is 1.03 bits per heavy atom. The molecule has 39 heavy (non-hydrogen) atoms. The van der Waals surface area contributed by atoms with E-state index in [0.29, 0.717) is 41.1 Å². The van der Waals surface area contributed by atoms with E-state index in [2.05, 4.69) is 10.3 Å². The maximum absolute atomic E-state index is 14.1. The van der Waals surface area contributed by atoms with Gasteiger partial charge in [0.15, 0.2) is 11.5 Å². The molecule has 4 aromatic rings. The molecule has 5 rings (SSSR count). The number of carbonyl (C=O) groups excluding carboxylic acids is 1. The van der Waals surface area contributed by atoms with Crippen molar-refractivity contribution < 1.29 is 32.2 Å². The van der Waals surface area contributed by atoms with Crippen LogP contribution in [-0.2, 0) is 26.1 Å². The number of hydrogen-bond donors (Lipinski definition) is 1. The minimum atomic E-state index is -4.28. The quantitative estimate of drug-likeness (QED) is 0.222. The minimum absolute atomic E-state index is 0.0000997. The Balaban J connectivity index is 1.49. The minimum Gasteiger partial charge on any atom is -0.492 e. The predicted molar refractivity (Wildman–Crippen MR) is 144 cm³/mol. The number of rotatable bonds is 11. The lowest BCUT2D eigenvalue weighted by molar-refractivity contribution is -0.138. The van der Waals surface area contributed by atoms with E-state index in [-0.39, 0.29) is 23.9 Å². The van der Waals surface area contributed by atoms with Gasteiger partial charge >= 0.3 is 5.97 Å². The van der Waals surface area contributed by atoms with Crippen LogP contribution in [0.15, 0.2) is 83.9 Å². The Morgan fingerprint density at radius 2 is 1.85 bits per heavy atom. The van der Waals surface area contributed by atoms with Crippen molar-refractivity contribution in [2.75, 3.05) is 37.9 Å². The molecule has 202 valence electrons. The predicted octanol–water partition coefficient (Wildman–Crippen LogP) is 3.50. The van der Waals surface area contributed by atoms with Crippen LogP contribution in [0.3, 0.4) is 0 Å². The van der Waals surface area contributed by atoms with Crippen molar-refractivity contribution >= 4 is 32.6 Å². The zero-order valence-electron chi connectivity index (χ0n) is 21.2. The number of carbonyl (C=O) groups is 1. The van der Waals surface area contributed by atoms with Gasteiger partial charge < -0.3 is 24.3 Å². The van der Waals surface area contributed by atoms with Gasteiger partial charge in [-0.05, 0) is 36.4 Å². The maximum Gasteiger partial charge on any atom is 0.326 e. The van der Waals surface area contributed by atoms with Crippen LogP contribution in [-0.4, -0.2) is 53.0 Å². The van der Waals surface area contributed by atoms with Gasteiger partial charge in [0, 0.05) is 30.2 Å². The summed E-state index contributed by atoms with van der Waals surface area (Å²) in [5, 5.41) is 3.93. The Hall–Kier alpha value is -4.35. The molecule has 0 spiro atoms. The summed E-state index contributed by atoms with van der Waals surface area (Å²) in [7, 11) is -3.07. The highest BCUT2D eigenvalue weighted by molar-refractivity contribution is 7.93. The first-order chi connectivity index (χ1) is 19.0. The number of esters is 1. The fraction of sp³-hybridized carbons (Fsp3) is 0.214. The largest absolute Gasteiger partial charge is 0.492 e. The number of methoxy groups -OCH3 is 1. The highest BCUT2D eigenvalue weighted by atomic mass is 32.2. The second kappa shape index (κ2) is 11.6. The van der Waals surface area contributed by atoms with Crippen LogP contribution in [0.1, 0.15) is 5.56 Å². The normalized spacial score (nSPS) is 12.3. The van der Waals surface area contributed by atoms with Crippen molar-refractivity contribution in [3.8, 4) is 17.2 Å². The summed E-state index contributed by atoms with van der Waals surface area (Å²) in [4.78, 5) is 16.8. The molecule has 1 aromatic heterocycles. The highest BCUT2D eigenvalue weighted by Gasteiger charge is 2.33. The number of fused-ring (bicyclic) bond motifs is 2. The molecule has 3 aromatic carbocycles. The van der Waals surface area contributed by atoms with Gasteiger partial charge in [0.1, 0.15) is 23.8 Å². The molecular weight excluding hydrogens is 522 g/mol. The number of aromatic nitrogens is 1. The molecule has 0 saturated carbocycles. The first-order valence-electron chi connectivity index (χ1n) is 12.2. The summed E-state index contributed by atoms with van der Waals surface area (Å²) in [5.74, 6) is 0.916. The Bertz CT molecular complexity index is 1570. The molecule has 1 aliphatic rings. The summed E-state index contributed by atoms with van der Waals surface area (Å²) in [6.45, 7) is 0.528. The van der Waals surface area contributed by atoms with Crippen molar-refractivity contribution in [2.24, 2.45) is 0 Å². The molecule has 11 heteroatoms. The zero-order chi connectivity index (χ0) is 27.2. The third-order valence-electron chi connectivity index (χ3n) is 6.14. The summed E-state index contributed by atoms with van der Waals surface area (Å²) in [6, 6.07) is 21.0. The standard InChI is InChI=1S/C28H27N3O7S/c1-35-26(32)18-31(39(33,34)25-11-5-7-20-8-6-14-30-27(20)25)23-12-13-24-28(38-19-37-24)22(23)17-29-15-16-36-21-9-3-2-4-10-21/h2-14,29H,15-19H2,1H3. The van der Waals surface area contributed by atoms with Crippen LogP contribution in [0.25, 0.3) is 10.9 Å². The fourth-order valence-corrected chi connectivity index (χ4v) is 5.89. The summed E-state index contributed by atoms with van der Waals surface area (Å²) in [6.07, 6.45) is 1.53. The number of ether oxygens (including phenoxy) is 4. The molecule has 0 fully saturated rings. The number of benzene rings is 3. The molecule has 1 N–H and O–H groups in total. The Labute approximate surface area is 226 Å². The van der Waals surface area contributed by atoms with Crippen LogP contribution in [0.2, 0.25) is 0 Å². The van der Waals surface area contributed by atoms with E-state index < -0.39 is 22.5 Å². The van der Waals surface area contributed by atoms with Crippen molar-refractivity contribution in [2.45, 2.75) is 11.4 Å². The first-order valence-corrected chi connectivity index (χ1v) is 13.7. The van der Waals surface area contributed by atoms with Crippen LogP contribution in [0, 0.1) is 0 Å². The average molecular weight is 550 g/mol. The Morgan fingerprint density at radius 3 is 2.67 bits per heavy atom. The Kier molecular flexibility index (Phi) is 7.80. The smallest absolute Gasteiger partial charge is 0.326 e. The number of para-hydroxylation sites is 2. The number of nitrogens with zero attached hydrogens (tertiary/aromatic N) is 2. The summed E-state index contributed by atoms with van der Waals surface area (Å²) in [5.41, 5.74) is 1.08. The van der Waals surface area contributed by atoms with Crippen molar-refractivity contribution in [3.05, 3.63) is 84.6 Å². The number of anilines is 1. The van der Waals surface area contributed by atoms with Crippen molar-refractivity contribution in [3.63, 3.8) is 0 Å². The van der Waals surface area contributed by atoms with Crippen molar-refractivity contribution in [1.29, 1.82) is 0 Å². The van der Waals surface area contributed by atoms with Gasteiger partial charge in [0.2, 0.25) is 6.79 Å². The van der Waals surface area contributed by atoms with Crippen LogP contribution < -0.4 is 23.8 Å². The molecule has 0 atom stereocenters. The van der Waals surface area contributed by atoms with Crippen LogP contribution in [0.5, 0.6) is 17.2 Å². The fourth-order valence-electron chi connectivity index (χ4n) is 4.28. The van der Waals surface area contributed by atoms with E-state index in [1.165, 1.54) is 19.4 Å². The van der Waals surface area contributed by atoms with E-state index in [1.807, 2.05) is 30.3 Å². The molecule has 0 saturated heterocycles. The lowest BCUT2D eigenvalue weighted by Gasteiger charge is -2.26. The van der Waals surface area contributed by atoms with Crippen LogP contribution in [0.4, 0.5) is 5.69 Å². The van der Waals surface area contributed by atoms with Gasteiger partial charge in [0.05, 0.1) is 18.3 Å². The number of hydrogen-bond acceptors (Lipinski definition) is 9. The monoisotopic (exact) mass is 549 g/mol. The average Bonchev–Trinajstić information content (AvgIpc) is 3.45. The summed E-state index contributed by atoms with van der Waals surface area (Å²) >= 11 is 0. The van der Waals surface area contributed by atoms with Gasteiger partial charge in [-0.25, -0.2) is 8.42 Å². The number of sulfonamides is 1. The molecule has 0 aliphatic carbocycles.